The van der Waals surface area contributed by atoms with E-state index in [0.717, 1.165) is 23.5 Å². The number of para-hydroxylation sites is 2. The monoisotopic (exact) mass is 564 g/mol. The van der Waals surface area contributed by atoms with Gasteiger partial charge in [-0.25, -0.2) is 4.79 Å². The largest absolute Gasteiger partial charge is 0.486 e. The van der Waals surface area contributed by atoms with Crippen LogP contribution in [0.4, 0.5) is 16.2 Å². The van der Waals surface area contributed by atoms with Crippen LogP contribution in [0.5, 0.6) is 11.5 Å². The van der Waals surface area contributed by atoms with E-state index >= 15 is 0 Å². The first-order chi connectivity index (χ1) is 19.5. The van der Waals surface area contributed by atoms with E-state index < -0.39 is 6.09 Å². The highest BCUT2D eigenvalue weighted by atomic mass is 16.6. The second-order valence-electron chi connectivity index (χ2n) is 12.1. The predicted molar refractivity (Wildman–Crippen MR) is 156 cm³/mol. The number of likely N-dealkylation sites (tertiary alicyclic amines) is 1. The molecule has 0 radical (unpaired) electrons. The molecule has 2 aromatic rings. The molecule has 1 fully saturated rings. The lowest BCUT2D eigenvalue weighted by molar-refractivity contribution is -0.122. The van der Waals surface area contributed by atoms with Gasteiger partial charge in [0.15, 0.2) is 11.5 Å². The lowest BCUT2D eigenvalue weighted by Gasteiger charge is -2.48. The summed E-state index contributed by atoms with van der Waals surface area (Å²) in [6.07, 6.45) is 0.464. The minimum Gasteiger partial charge on any atom is -0.486 e. The van der Waals surface area contributed by atoms with Crippen molar-refractivity contribution in [2.45, 2.75) is 59.2 Å². The maximum Gasteiger partial charge on any atom is 0.407 e. The molecule has 41 heavy (non-hydrogen) atoms. The Morgan fingerprint density at radius 1 is 1.02 bits per heavy atom. The molecule has 3 aliphatic heterocycles. The number of benzene rings is 2. The summed E-state index contributed by atoms with van der Waals surface area (Å²) in [4.78, 5) is 45.0. The zero-order valence-electron chi connectivity index (χ0n) is 24.3. The summed E-state index contributed by atoms with van der Waals surface area (Å²) >= 11 is 0. The van der Waals surface area contributed by atoms with Gasteiger partial charge in [-0.15, -0.1) is 0 Å². The van der Waals surface area contributed by atoms with Gasteiger partial charge in [0.05, 0.1) is 11.4 Å². The molecule has 10 nitrogen and oxygen atoms in total. The molecule has 0 saturated carbocycles. The molecule has 1 N–H and O–H groups in total. The lowest BCUT2D eigenvalue weighted by atomic mass is 9.78. The highest BCUT2D eigenvalue weighted by molar-refractivity contribution is 6.10. The fourth-order valence-corrected chi connectivity index (χ4v) is 6.30. The summed E-state index contributed by atoms with van der Waals surface area (Å²) in [5.74, 6) is 1.09. The summed E-state index contributed by atoms with van der Waals surface area (Å²) in [6, 6.07) is 13.1. The van der Waals surface area contributed by atoms with Gasteiger partial charge in [0.25, 0.3) is 0 Å². The minimum atomic E-state index is -0.934. The van der Waals surface area contributed by atoms with Gasteiger partial charge < -0.3 is 29.3 Å². The number of fused-ring (bicyclic) bond motifs is 2. The molecule has 2 atom stereocenters. The van der Waals surface area contributed by atoms with E-state index in [1.54, 1.807) is 9.80 Å². The number of carbonyl (C=O) groups is 3. The highest BCUT2D eigenvalue weighted by Gasteiger charge is 2.40. The smallest absolute Gasteiger partial charge is 0.407 e. The number of ether oxygens (including phenoxy) is 2. The Balaban J connectivity index is 1.29. The van der Waals surface area contributed by atoms with E-state index in [-0.39, 0.29) is 42.4 Å². The van der Waals surface area contributed by atoms with Crippen LogP contribution in [0, 0.1) is 5.41 Å². The summed E-state index contributed by atoms with van der Waals surface area (Å²) in [5.41, 5.74) is 2.27. The van der Waals surface area contributed by atoms with Gasteiger partial charge in [0.2, 0.25) is 11.8 Å². The maximum atomic E-state index is 13.1. The molecule has 3 aliphatic rings. The van der Waals surface area contributed by atoms with E-state index in [1.165, 1.54) is 11.8 Å². The van der Waals surface area contributed by atoms with Gasteiger partial charge in [-0.2, -0.15) is 0 Å². The van der Waals surface area contributed by atoms with Crippen LogP contribution in [-0.4, -0.2) is 84.3 Å². The van der Waals surface area contributed by atoms with Crippen molar-refractivity contribution in [1.82, 2.24) is 9.80 Å². The predicted octanol–water partition coefficient (Wildman–Crippen LogP) is 4.22. The summed E-state index contributed by atoms with van der Waals surface area (Å²) < 4.78 is 11.3. The fraction of sp³-hybridized carbons (Fsp3) is 0.516. The normalized spacial score (nSPS) is 20.9. The number of amides is 3. The van der Waals surface area contributed by atoms with Crippen LogP contribution in [0.3, 0.4) is 0 Å². The minimum absolute atomic E-state index is 0.0323. The van der Waals surface area contributed by atoms with Crippen LogP contribution < -0.4 is 19.3 Å². The summed E-state index contributed by atoms with van der Waals surface area (Å²) in [6.45, 7) is 11.2. The third-order valence-electron chi connectivity index (χ3n) is 8.38. The SMILES string of the molecule is CC(=O)N1CC(=O)N(CCN2CCC(N(Cc3ccc4c(c3)OCCO4)C(=O)O)CC2C(C)(C)C)c2ccccc21. The van der Waals surface area contributed by atoms with Gasteiger partial charge in [-0.3, -0.25) is 14.5 Å². The number of hydrogen-bond acceptors (Lipinski definition) is 6. The van der Waals surface area contributed by atoms with Crippen LogP contribution in [0.25, 0.3) is 0 Å². The van der Waals surface area contributed by atoms with Crippen molar-refractivity contribution in [3.05, 3.63) is 48.0 Å². The molecule has 2 aromatic carbocycles. The number of anilines is 2. The molecule has 1 saturated heterocycles. The first-order valence-electron chi connectivity index (χ1n) is 14.3. The molecule has 10 heteroatoms. The molecule has 0 aromatic heterocycles. The Bertz CT molecular complexity index is 1310. The first kappa shape index (κ1) is 28.7. The average molecular weight is 565 g/mol. The van der Waals surface area contributed by atoms with Crippen LogP contribution in [0.2, 0.25) is 0 Å². The summed E-state index contributed by atoms with van der Waals surface area (Å²) in [7, 11) is 0. The van der Waals surface area contributed by atoms with Crippen LogP contribution in [-0.2, 0) is 16.1 Å². The van der Waals surface area contributed by atoms with Crippen molar-refractivity contribution in [1.29, 1.82) is 0 Å². The van der Waals surface area contributed by atoms with E-state index in [2.05, 4.69) is 25.7 Å². The summed E-state index contributed by atoms with van der Waals surface area (Å²) in [5, 5.41) is 10.2. The van der Waals surface area contributed by atoms with E-state index in [0.29, 0.717) is 50.6 Å². The number of carbonyl (C=O) groups excluding carboxylic acids is 2. The number of nitrogens with zero attached hydrogens (tertiary/aromatic N) is 4. The standard InChI is InChI=1S/C31H40N4O6/c1-21(36)34-20-29(37)33(24-7-5-6-8-25(24)34)14-13-32-12-11-23(18-28(32)31(2,3)4)35(30(38)39)19-22-9-10-26-27(17-22)41-16-15-40-26/h5-10,17,23,28H,11-16,18-20H2,1-4H3,(H,38,39). The van der Waals surface area contributed by atoms with E-state index in [1.807, 2.05) is 42.5 Å². The van der Waals surface area contributed by atoms with Gasteiger partial charge in [0.1, 0.15) is 19.8 Å². The number of rotatable bonds is 6. The Kier molecular flexibility index (Phi) is 8.13. The maximum absolute atomic E-state index is 13.1. The first-order valence-corrected chi connectivity index (χ1v) is 14.3. The highest BCUT2D eigenvalue weighted by Crippen LogP contribution is 2.37. The van der Waals surface area contributed by atoms with Crippen molar-refractivity contribution in [2.75, 3.05) is 49.2 Å². The van der Waals surface area contributed by atoms with E-state index in [9.17, 15) is 19.5 Å². The molecule has 5 rings (SSSR count). The quantitative estimate of drug-likeness (QED) is 0.561. The third kappa shape index (κ3) is 6.12. The fourth-order valence-electron chi connectivity index (χ4n) is 6.30. The zero-order chi connectivity index (χ0) is 29.3. The van der Waals surface area contributed by atoms with Crippen molar-refractivity contribution in [2.24, 2.45) is 5.41 Å². The number of piperidine rings is 1. The molecular weight excluding hydrogens is 524 g/mol. The number of carboxylic acid groups (broad SMARTS) is 1. The third-order valence-corrected chi connectivity index (χ3v) is 8.38. The lowest BCUT2D eigenvalue weighted by Crippen LogP contribution is -2.57. The van der Waals surface area contributed by atoms with E-state index in [4.69, 9.17) is 9.47 Å². The van der Waals surface area contributed by atoms with Gasteiger partial charge >= 0.3 is 6.09 Å². The second kappa shape index (κ2) is 11.6. The average Bonchev–Trinajstić information content (AvgIpc) is 2.94. The topological polar surface area (TPSA) is 103 Å². The molecule has 220 valence electrons. The van der Waals surface area contributed by atoms with Crippen molar-refractivity contribution in [3.8, 4) is 11.5 Å². The molecular formula is C31H40N4O6. The molecule has 2 unspecified atom stereocenters. The van der Waals surface area contributed by atoms with Crippen LogP contribution in [0.15, 0.2) is 42.5 Å². The van der Waals surface area contributed by atoms with Gasteiger partial charge in [-0.1, -0.05) is 39.0 Å². The number of hydrogen-bond donors (Lipinski definition) is 1. The van der Waals surface area contributed by atoms with Crippen LogP contribution in [0.1, 0.15) is 46.1 Å². The zero-order valence-corrected chi connectivity index (χ0v) is 24.3. The van der Waals surface area contributed by atoms with Crippen LogP contribution >= 0.6 is 0 Å². The molecule has 3 heterocycles. The Morgan fingerprint density at radius 3 is 2.41 bits per heavy atom. The second-order valence-corrected chi connectivity index (χ2v) is 12.1. The molecule has 0 bridgehead atoms. The Morgan fingerprint density at radius 2 is 1.73 bits per heavy atom. The van der Waals surface area contributed by atoms with Crippen molar-refractivity contribution >= 4 is 29.3 Å². The molecule has 3 amide bonds. The Labute approximate surface area is 241 Å². The van der Waals surface area contributed by atoms with Gasteiger partial charge in [-0.05, 0) is 48.1 Å². The Hall–Kier alpha value is -3.79. The molecule has 0 spiro atoms. The molecule has 0 aliphatic carbocycles. The van der Waals surface area contributed by atoms with Gasteiger partial charge in [0, 0.05) is 45.2 Å². The van der Waals surface area contributed by atoms with Crippen molar-refractivity contribution < 1.29 is 29.0 Å². The van der Waals surface area contributed by atoms with Crippen molar-refractivity contribution in [3.63, 3.8) is 0 Å².